The first kappa shape index (κ1) is 25.8. The molecule has 0 bridgehead atoms. The van der Waals surface area contributed by atoms with Gasteiger partial charge in [-0.2, -0.15) is 5.26 Å². The SMILES string of the molecule is CN(C)SN1CCN(C(=O)c2cnc3ccc(Cl)cc3c2N2CCC(C#N)(c3ccccc3)CC2)CC1. The van der Waals surface area contributed by atoms with Crippen LogP contribution in [0.15, 0.2) is 54.7 Å². The fourth-order valence-corrected chi connectivity index (χ4v) is 6.32. The summed E-state index contributed by atoms with van der Waals surface area (Å²) in [5.41, 5.74) is 2.82. The maximum atomic E-state index is 13.9. The van der Waals surface area contributed by atoms with Gasteiger partial charge in [0.1, 0.15) is 0 Å². The largest absolute Gasteiger partial charge is 0.370 e. The van der Waals surface area contributed by atoms with Gasteiger partial charge in [0.05, 0.1) is 28.3 Å². The van der Waals surface area contributed by atoms with Crippen LogP contribution in [0.2, 0.25) is 5.02 Å². The van der Waals surface area contributed by atoms with Crippen molar-refractivity contribution in [1.82, 2.24) is 18.5 Å². The molecule has 1 amide bonds. The van der Waals surface area contributed by atoms with Crippen LogP contribution in [-0.4, -0.2) is 77.8 Å². The molecule has 0 N–H and O–H groups in total. The normalized spacial score (nSPS) is 18.2. The number of nitriles is 1. The van der Waals surface area contributed by atoms with Crippen molar-refractivity contribution in [2.75, 3.05) is 58.3 Å². The fraction of sp³-hybridized carbons (Fsp3) is 0.393. The van der Waals surface area contributed by atoms with Crippen molar-refractivity contribution >= 4 is 46.2 Å². The number of piperidine rings is 1. The number of pyridine rings is 1. The molecule has 0 aliphatic carbocycles. The van der Waals surface area contributed by atoms with E-state index >= 15 is 0 Å². The molecule has 37 heavy (non-hydrogen) atoms. The second-order valence-electron chi connectivity index (χ2n) is 9.84. The van der Waals surface area contributed by atoms with Gasteiger partial charge in [0, 0.05) is 68.0 Å². The molecule has 192 valence electrons. The molecule has 7 nitrogen and oxygen atoms in total. The Morgan fingerprint density at radius 2 is 1.76 bits per heavy atom. The first-order valence-electron chi connectivity index (χ1n) is 12.6. The number of benzene rings is 2. The van der Waals surface area contributed by atoms with Crippen LogP contribution in [0.3, 0.4) is 0 Å². The van der Waals surface area contributed by atoms with Gasteiger partial charge in [-0.25, -0.2) is 8.61 Å². The number of amides is 1. The zero-order valence-corrected chi connectivity index (χ0v) is 22.8. The van der Waals surface area contributed by atoms with Gasteiger partial charge in [0.2, 0.25) is 0 Å². The highest BCUT2D eigenvalue weighted by Crippen LogP contribution is 2.40. The lowest BCUT2D eigenvalue weighted by atomic mass is 9.74. The first-order chi connectivity index (χ1) is 17.9. The van der Waals surface area contributed by atoms with Crippen molar-refractivity contribution in [3.05, 3.63) is 70.9 Å². The van der Waals surface area contributed by atoms with Crippen molar-refractivity contribution in [2.24, 2.45) is 0 Å². The quantitative estimate of drug-likeness (QED) is 0.434. The van der Waals surface area contributed by atoms with Crippen LogP contribution in [0, 0.1) is 11.3 Å². The number of piperazine rings is 1. The van der Waals surface area contributed by atoms with Crippen LogP contribution < -0.4 is 4.90 Å². The molecule has 2 fully saturated rings. The Bertz CT molecular complexity index is 1310. The minimum atomic E-state index is -0.525. The maximum absolute atomic E-state index is 13.9. The van der Waals surface area contributed by atoms with E-state index in [1.165, 1.54) is 0 Å². The second-order valence-corrected chi connectivity index (χ2v) is 11.7. The van der Waals surface area contributed by atoms with Crippen molar-refractivity contribution < 1.29 is 4.79 Å². The number of aromatic nitrogens is 1. The van der Waals surface area contributed by atoms with Gasteiger partial charge >= 0.3 is 0 Å². The van der Waals surface area contributed by atoms with E-state index in [1.807, 2.05) is 67.5 Å². The average molecular weight is 535 g/mol. The van der Waals surface area contributed by atoms with Crippen LogP contribution in [-0.2, 0) is 5.41 Å². The maximum Gasteiger partial charge on any atom is 0.257 e. The Hall–Kier alpha value is -2.83. The number of fused-ring (bicyclic) bond motifs is 1. The van der Waals surface area contributed by atoms with E-state index in [9.17, 15) is 10.1 Å². The highest BCUT2D eigenvalue weighted by atomic mass is 35.5. The Kier molecular flexibility index (Phi) is 7.59. The second kappa shape index (κ2) is 10.9. The molecular formula is C28H31ClN6OS. The summed E-state index contributed by atoms with van der Waals surface area (Å²) in [6, 6.07) is 18.3. The minimum absolute atomic E-state index is 0.000872. The number of rotatable bonds is 5. The van der Waals surface area contributed by atoms with E-state index in [0.29, 0.717) is 49.6 Å². The van der Waals surface area contributed by atoms with Crippen LogP contribution in [0.25, 0.3) is 10.9 Å². The van der Waals surface area contributed by atoms with E-state index in [2.05, 4.69) is 24.6 Å². The predicted molar refractivity (Wildman–Crippen MR) is 151 cm³/mol. The number of carbonyl (C=O) groups is 1. The van der Waals surface area contributed by atoms with Crippen molar-refractivity contribution in [2.45, 2.75) is 18.3 Å². The van der Waals surface area contributed by atoms with E-state index in [0.717, 1.165) is 35.2 Å². The Labute approximate surface area is 227 Å². The highest BCUT2D eigenvalue weighted by Gasteiger charge is 2.38. The van der Waals surface area contributed by atoms with E-state index < -0.39 is 5.41 Å². The van der Waals surface area contributed by atoms with Crippen molar-refractivity contribution in [3.8, 4) is 6.07 Å². The molecule has 2 saturated heterocycles. The number of anilines is 1. The first-order valence-corrected chi connectivity index (χ1v) is 13.7. The molecule has 2 aliphatic heterocycles. The van der Waals surface area contributed by atoms with Crippen LogP contribution in [0.5, 0.6) is 0 Å². The van der Waals surface area contributed by atoms with Crippen molar-refractivity contribution in [1.29, 1.82) is 5.26 Å². The zero-order chi connectivity index (χ0) is 26.0. The summed E-state index contributed by atoms with van der Waals surface area (Å²) in [7, 11) is 4.05. The Morgan fingerprint density at radius 1 is 1.05 bits per heavy atom. The lowest BCUT2D eigenvalue weighted by molar-refractivity contribution is 0.0703. The number of hydrogen-bond donors (Lipinski definition) is 0. The average Bonchev–Trinajstić information content (AvgIpc) is 2.92. The van der Waals surface area contributed by atoms with Gasteiger partial charge < -0.3 is 9.80 Å². The van der Waals surface area contributed by atoms with E-state index in [-0.39, 0.29) is 5.91 Å². The number of nitrogens with zero attached hydrogens (tertiary/aromatic N) is 6. The summed E-state index contributed by atoms with van der Waals surface area (Å²) in [6.45, 7) is 4.28. The predicted octanol–water partition coefficient (Wildman–Crippen LogP) is 4.83. The van der Waals surface area contributed by atoms with E-state index in [1.54, 1.807) is 18.3 Å². The molecule has 9 heteroatoms. The van der Waals surface area contributed by atoms with Gasteiger partial charge in [0.15, 0.2) is 0 Å². The molecule has 3 aromatic rings. The van der Waals surface area contributed by atoms with Gasteiger partial charge in [0.25, 0.3) is 5.91 Å². The summed E-state index contributed by atoms with van der Waals surface area (Å²) in [5.74, 6) is -0.000872. The van der Waals surface area contributed by atoms with Gasteiger partial charge in [-0.1, -0.05) is 41.9 Å². The molecule has 0 saturated carbocycles. The monoisotopic (exact) mass is 534 g/mol. The third-order valence-corrected chi connectivity index (χ3v) is 8.47. The van der Waals surface area contributed by atoms with Crippen LogP contribution in [0.1, 0.15) is 28.8 Å². The third-order valence-electron chi connectivity index (χ3n) is 7.31. The summed E-state index contributed by atoms with van der Waals surface area (Å²) in [6.07, 6.45) is 3.09. The van der Waals surface area contributed by atoms with Gasteiger partial charge in [-0.3, -0.25) is 9.78 Å². The molecule has 5 rings (SSSR count). The molecule has 2 aliphatic rings. The molecule has 0 spiro atoms. The smallest absolute Gasteiger partial charge is 0.257 e. The van der Waals surface area contributed by atoms with Gasteiger partial charge in [-0.15, -0.1) is 0 Å². The molecule has 1 aromatic heterocycles. The number of carbonyl (C=O) groups excluding carboxylic acids is 1. The Morgan fingerprint density at radius 3 is 2.41 bits per heavy atom. The summed E-state index contributed by atoms with van der Waals surface area (Å²) < 4.78 is 4.35. The Balaban J connectivity index is 1.45. The third kappa shape index (κ3) is 5.27. The van der Waals surface area contributed by atoms with Gasteiger partial charge in [-0.05, 0) is 50.7 Å². The molecule has 0 unspecified atom stereocenters. The fourth-order valence-electron chi connectivity index (χ4n) is 5.36. The topological polar surface area (TPSA) is 66.7 Å². The van der Waals surface area contributed by atoms with E-state index in [4.69, 9.17) is 11.6 Å². The van der Waals surface area contributed by atoms with Crippen LogP contribution in [0.4, 0.5) is 5.69 Å². The van der Waals surface area contributed by atoms with Crippen molar-refractivity contribution in [3.63, 3.8) is 0 Å². The summed E-state index contributed by atoms with van der Waals surface area (Å²) in [4.78, 5) is 22.7. The summed E-state index contributed by atoms with van der Waals surface area (Å²) >= 11 is 8.10. The molecular weight excluding hydrogens is 504 g/mol. The molecule has 0 atom stereocenters. The number of halogens is 1. The zero-order valence-electron chi connectivity index (χ0n) is 21.2. The lowest BCUT2D eigenvalue weighted by Gasteiger charge is -2.40. The molecule has 3 heterocycles. The van der Waals surface area contributed by atoms with Crippen LogP contribution >= 0.6 is 23.7 Å². The standard InChI is InChI=1S/C28H31ClN6OS/c1-32(2)37-35-16-14-34(15-17-35)27(36)24-19-31-25-9-8-22(29)18-23(25)26(24)33-12-10-28(20-30,11-13-33)21-6-4-3-5-7-21/h3-9,18-19H,10-17H2,1-2H3. The highest BCUT2D eigenvalue weighted by molar-refractivity contribution is 7.94. The summed E-state index contributed by atoms with van der Waals surface area (Å²) in [5, 5.41) is 11.7. The molecule has 0 radical (unpaired) electrons. The lowest BCUT2D eigenvalue weighted by Crippen LogP contribution is -2.47. The molecule has 2 aromatic carbocycles. The minimum Gasteiger partial charge on any atom is -0.370 e. The number of hydrogen-bond acceptors (Lipinski definition) is 7.